The predicted octanol–water partition coefficient (Wildman–Crippen LogP) is 2.62. The summed E-state index contributed by atoms with van der Waals surface area (Å²) in [7, 11) is -1.91. The number of nitrogens with one attached hydrogen (secondary N) is 1. The number of carbonyl (C=O) groups is 1. The highest BCUT2D eigenvalue weighted by molar-refractivity contribution is 7.90. The summed E-state index contributed by atoms with van der Waals surface area (Å²) in [5, 5.41) is 2.81. The molecule has 2 heterocycles. The van der Waals surface area contributed by atoms with Crippen LogP contribution in [0.3, 0.4) is 0 Å². The van der Waals surface area contributed by atoms with E-state index in [-0.39, 0.29) is 17.2 Å². The Balaban J connectivity index is 1.41. The van der Waals surface area contributed by atoms with Crippen LogP contribution in [0.5, 0.6) is 5.75 Å². The van der Waals surface area contributed by atoms with Crippen LogP contribution >= 0.6 is 0 Å². The van der Waals surface area contributed by atoms with E-state index in [4.69, 9.17) is 4.74 Å². The molecule has 0 atom stereocenters. The van der Waals surface area contributed by atoms with Crippen LogP contribution in [0.4, 0.5) is 5.69 Å². The summed E-state index contributed by atoms with van der Waals surface area (Å²) in [6, 6.07) is 11.9. The lowest BCUT2D eigenvalue weighted by Gasteiger charge is -2.11. The molecule has 1 saturated heterocycles. The number of nitrogens with zero attached hydrogens (tertiary/aromatic N) is 2. The molecule has 1 N–H and O–H groups in total. The fourth-order valence-electron chi connectivity index (χ4n) is 3.55. The maximum atomic E-state index is 12.5. The lowest BCUT2D eigenvalue weighted by molar-refractivity contribution is -0.115. The fourth-order valence-corrected chi connectivity index (χ4v) is 4.65. The molecule has 2 aliphatic rings. The first-order chi connectivity index (χ1) is 13.9. The van der Waals surface area contributed by atoms with Gasteiger partial charge in [-0.05, 0) is 47.9 Å². The Morgan fingerprint density at radius 2 is 1.97 bits per heavy atom. The number of amidine groups is 1. The molecule has 0 bridgehead atoms. The molecule has 2 aliphatic heterocycles. The zero-order valence-electron chi connectivity index (χ0n) is 16.2. The van der Waals surface area contributed by atoms with Crippen LogP contribution in [0, 0.1) is 0 Å². The summed E-state index contributed by atoms with van der Waals surface area (Å²) < 4.78 is 34.4. The summed E-state index contributed by atoms with van der Waals surface area (Å²) in [6.07, 6.45) is 2.68. The number of sulfonamides is 1. The Bertz CT molecular complexity index is 1060. The van der Waals surface area contributed by atoms with Crippen LogP contribution in [0.1, 0.15) is 24.0 Å². The molecule has 7 nitrogen and oxygen atoms in total. The van der Waals surface area contributed by atoms with Gasteiger partial charge < -0.3 is 15.0 Å². The Morgan fingerprint density at radius 3 is 2.69 bits per heavy atom. The summed E-state index contributed by atoms with van der Waals surface area (Å²) >= 11 is 0. The minimum atomic E-state index is -3.75. The number of hydrogen-bond acceptors (Lipinski definition) is 4. The molecular weight excluding hydrogens is 390 g/mol. The number of amides is 1. The van der Waals surface area contributed by atoms with Crippen LogP contribution in [0.2, 0.25) is 0 Å². The van der Waals surface area contributed by atoms with Gasteiger partial charge in [-0.25, -0.2) is 0 Å². The molecule has 152 valence electrons. The maximum absolute atomic E-state index is 12.5. The van der Waals surface area contributed by atoms with Gasteiger partial charge in [0.05, 0.1) is 17.9 Å². The van der Waals surface area contributed by atoms with Crippen molar-refractivity contribution in [3.8, 4) is 5.75 Å². The fraction of sp³-hybridized carbons (Fsp3) is 0.333. The second-order valence-corrected chi connectivity index (χ2v) is 8.90. The third kappa shape index (κ3) is 4.42. The van der Waals surface area contributed by atoms with Crippen LogP contribution in [-0.4, -0.2) is 45.3 Å². The van der Waals surface area contributed by atoms with E-state index in [1.54, 1.807) is 12.1 Å². The zero-order valence-corrected chi connectivity index (χ0v) is 17.0. The molecule has 29 heavy (non-hydrogen) atoms. The van der Waals surface area contributed by atoms with Crippen LogP contribution < -0.4 is 10.1 Å². The molecule has 2 aromatic rings. The highest BCUT2D eigenvalue weighted by atomic mass is 32.2. The summed E-state index contributed by atoms with van der Waals surface area (Å²) in [5.41, 5.74) is 2.59. The second kappa shape index (κ2) is 7.87. The Labute approximate surface area is 170 Å². The van der Waals surface area contributed by atoms with Gasteiger partial charge in [0, 0.05) is 32.1 Å². The highest BCUT2D eigenvalue weighted by Gasteiger charge is 2.20. The Kier molecular flexibility index (Phi) is 5.27. The molecule has 0 aromatic heterocycles. The molecule has 0 saturated carbocycles. The first-order valence-electron chi connectivity index (χ1n) is 9.60. The number of ether oxygens (including phenoxy) is 1. The van der Waals surface area contributed by atoms with Crippen LogP contribution in [0.15, 0.2) is 51.8 Å². The van der Waals surface area contributed by atoms with Crippen molar-refractivity contribution >= 4 is 27.5 Å². The van der Waals surface area contributed by atoms with Crippen molar-refractivity contribution in [1.29, 1.82) is 0 Å². The Hall–Kier alpha value is -2.87. The van der Waals surface area contributed by atoms with Gasteiger partial charge in [-0.15, -0.1) is 4.40 Å². The van der Waals surface area contributed by atoms with Crippen molar-refractivity contribution in [3.05, 3.63) is 53.6 Å². The van der Waals surface area contributed by atoms with Crippen molar-refractivity contribution in [2.75, 3.05) is 25.5 Å². The van der Waals surface area contributed by atoms with E-state index in [1.807, 2.05) is 30.1 Å². The lowest BCUT2D eigenvalue weighted by atomic mass is 10.1. The molecule has 8 heteroatoms. The molecule has 1 amide bonds. The molecule has 2 aromatic carbocycles. The highest BCUT2D eigenvalue weighted by Crippen LogP contribution is 2.26. The maximum Gasteiger partial charge on any atom is 0.283 e. The number of rotatable bonds is 5. The van der Waals surface area contributed by atoms with Gasteiger partial charge in [-0.2, -0.15) is 8.42 Å². The van der Waals surface area contributed by atoms with E-state index in [0.717, 1.165) is 36.3 Å². The van der Waals surface area contributed by atoms with Crippen molar-refractivity contribution in [2.24, 2.45) is 4.40 Å². The number of hydrogen-bond donors (Lipinski definition) is 1. The average molecular weight is 413 g/mol. The molecule has 0 unspecified atom stereocenters. The molecular formula is C21H23N3O4S. The van der Waals surface area contributed by atoms with Crippen molar-refractivity contribution in [3.63, 3.8) is 0 Å². The molecule has 1 fully saturated rings. The van der Waals surface area contributed by atoms with Crippen molar-refractivity contribution in [2.45, 2.75) is 30.6 Å². The largest absolute Gasteiger partial charge is 0.493 e. The summed E-state index contributed by atoms with van der Waals surface area (Å²) in [5.74, 6) is 1.31. The van der Waals surface area contributed by atoms with Crippen molar-refractivity contribution < 1.29 is 17.9 Å². The van der Waals surface area contributed by atoms with E-state index < -0.39 is 10.0 Å². The van der Waals surface area contributed by atoms with Gasteiger partial charge in [0.1, 0.15) is 11.6 Å². The quantitative estimate of drug-likeness (QED) is 0.814. The van der Waals surface area contributed by atoms with Gasteiger partial charge in [0.25, 0.3) is 10.0 Å². The minimum absolute atomic E-state index is 0.113. The van der Waals surface area contributed by atoms with E-state index in [9.17, 15) is 13.2 Å². The SMILES string of the molecule is CN1CCC/C1=N\S(=O)(=O)c1ccc(NC(=O)Cc2ccc3c(c2)CCO3)cc1. The molecule has 0 radical (unpaired) electrons. The topological polar surface area (TPSA) is 88.1 Å². The van der Waals surface area contributed by atoms with E-state index in [0.29, 0.717) is 24.6 Å². The van der Waals surface area contributed by atoms with Gasteiger partial charge in [0.2, 0.25) is 5.91 Å². The summed E-state index contributed by atoms with van der Waals surface area (Å²) in [4.78, 5) is 14.3. The predicted molar refractivity (Wildman–Crippen MR) is 111 cm³/mol. The van der Waals surface area contributed by atoms with Gasteiger partial charge in [-0.3, -0.25) is 4.79 Å². The van der Waals surface area contributed by atoms with Gasteiger partial charge in [-0.1, -0.05) is 12.1 Å². The zero-order chi connectivity index (χ0) is 20.4. The van der Waals surface area contributed by atoms with E-state index >= 15 is 0 Å². The first kappa shape index (κ1) is 19.4. The van der Waals surface area contributed by atoms with E-state index in [1.165, 1.54) is 12.1 Å². The second-order valence-electron chi connectivity index (χ2n) is 7.30. The molecule has 4 rings (SSSR count). The molecule has 0 aliphatic carbocycles. The minimum Gasteiger partial charge on any atom is -0.493 e. The number of fused-ring (bicyclic) bond motifs is 1. The standard InChI is InChI=1S/C21H23N3O4S/c1-24-11-2-3-20(24)23-29(26,27)18-7-5-17(6-8-18)22-21(25)14-15-4-9-19-16(13-15)10-12-28-19/h4-9,13H,2-3,10-12,14H2,1H3,(H,22,25)/b23-20+. The molecule has 0 spiro atoms. The third-order valence-electron chi connectivity index (χ3n) is 5.11. The number of likely N-dealkylation sites (tertiary alicyclic amines) is 1. The smallest absolute Gasteiger partial charge is 0.283 e. The van der Waals surface area contributed by atoms with Crippen LogP contribution in [-0.2, 0) is 27.7 Å². The number of benzene rings is 2. The lowest BCUT2D eigenvalue weighted by Crippen LogP contribution is -2.20. The summed E-state index contributed by atoms with van der Waals surface area (Å²) in [6.45, 7) is 1.50. The Morgan fingerprint density at radius 1 is 1.17 bits per heavy atom. The third-order valence-corrected chi connectivity index (χ3v) is 6.43. The van der Waals surface area contributed by atoms with Crippen LogP contribution in [0.25, 0.3) is 0 Å². The monoisotopic (exact) mass is 413 g/mol. The van der Waals surface area contributed by atoms with E-state index in [2.05, 4.69) is 9.71 Å². The van der Waals surface area contributed by atoms with Gasteiger partial charge in [0.15, 0.2) is 0 Å². The van der Waals surface area contributed by atoms with Crippen molar-refractivity contribution in [1.82, 2.24) is 4.90 Å². The first-order valence-corrected chi connectivity index (χ1v) is 11.0. The van der Waals surface area contributed by atoms with Gasteiger partial charge >= 0.3 is 0 Å². The number of anilines is 1. The number of carbonyl (C=O) groups excluding carboxylic acids is 1. The normalized spacial score (nSPS) is 17.3. The average Bonchev–Trinajstić information content (AvgIpc) is 3.30.